The normalized spacial score (nSPS) is 15.9. The number of Topliss-reactive ketones (excluding diaryl/α,β-unsaturated/α-hetero) is 1. The summed E-state index contributed by atoms with van der Waals surface area (Å²) in [4.78, 5) is 12.3. The molecule has 4 heteroatoms. The van der Waals surface area contributed by atoms with Crippen LogP contribution in [0.4, 0.5) is 0 Å². The van der Waals surface area contributed by atoms with E-state index in [-0.39, 0.29) is 5.78 Å². The SMILES string of the molecule is CCCOc1ccccc1C(=O)CCOC1CCNCC1. The topological polar surface area (TPSA) is 47.6 Å². The highest BCUT2D eigenvalue weighted by atomic mass is 16.5. The highest BCUT2D eigenvalue weighted by Crippen LogP contribution is 2.20. The van der Waals surface area contributed by atoms with E-state index in [1.807, 2.05) is 24.3 Å². The van der Waals surface area contributed by atoms with Crippen molar-refractivity contribution in [3.8, 4) is 5.75 Å². The molecule has 0 saturated carbocycles. The lowest BCUT2D eigenvalue weighted by Gasteiger charge is -2.22. The van der Waals surface area contributed by atoms with Gasteiger partial charge in [0, 0.05) is 6.42 Å². The number of carbonyl (C=O) groups is 1. The Kier molecular flexibility index (Phi) is 6.70. The summed E-state index contributed by atoms with van der Waals surface area (Å²) in [5.41, 5.74) is 0.667. The number of nitrogens with one attached hydrogen (secondary N) is 1. The molecular weight excluding hydrogens is 266 g/mol. The van der Waals surface area contributed by atoms with Crippen LogP contribution in [0, 0.1) is 0 Å². The maximum atomic E-state index is 12.3. The van der Waals surface area contributed by atoms with Gasteiger partial charge in [0.25, 0.3) is 0 Å². The predicted octanol–water partition coefficient (Wildman–Crippen LogP) is 2.82. The summed E-state index contributed by atoms with van der Waals surface area (Å²) in [7, 11) is 0. The minimum Gasteiger partial charge on any atom is -0.493 e. The zero-order valence-electron chi connectivity index (χ0n) is 12.8. The third-order valence-electron chi connectivity index (χ3n) is 3.62. The Morgan fingerprint density at radius 3 is 2.76 bits per heavy atom. The Labute approximate surface area is 126 Å². The van der Waals surface area contributed by atoms with Crippen molar-refractivity contribution in [2.75, 3.05) is 26.3 Å². The molecule has 4 nitrogen and oxygen atoms in total. The number of ketones is 1. The molecule has 1 saturated heterocycles. The van der Waals surface area contributed by atoms with Crippen LogP contribution in [0.3, 0.4) is 0 Å². The summed E-state index contributed by atoms with van der Waals surface area (Å²) in [6, 6.07) is 7.46. The number of piperidine rings is 1. The van der Waals surface area contributed by atoms with E-state index in [4.69, 9.17) is 9.47 Å². The summed E-state index contributed by atoms with van der Waals surface area (Å²) >= 11 is 0. The van der Waals surface area contributed by atoms with Gasteiger partial charge in [-0.15, -0.1) is 0 Å². The molecule has 1 fully saturated rings. The van der Waals surface area contributed by atoms with Crippen LogP contribution in [0.15, 0.2) is 24.3 Å². The fourth-order valence-corrected chi connectivity index (χ4v) is 2.45. The van der Waals surface area contributed by atoms with Gasteiger partial charge in [0.1, 0.15) is 5.75 Å². The van der Waals surface area contributed by atoms with E-state index in [2.05, 4.69) is 12.2 Å². The number of hydrogen-bond donors (Lipinski definition) is 1. The van der Waals surface area contributed by atoms with Crippen molar-refractivity contribution in [2.24, 2.45) is 0 Å². The van der Waals surface area contributed by atoms with Gasteiger partial charge in [-0.3, -0.25) is 4.79 Å². The molecule has 1 aromatic rings. The van der Waals surface area contributed by atoms with Crippen LogP contribution in [0.25, 0.3) is 0 Å². The van der Waals surface area contributed by atoms with Gasteiger partial charge < -0.3 is 14.8 Å². The molecule has 116 valence electrons. The molecular formula is C17H25NO3. The number of benzene rings is 1. The molecule has 0 unspecified atom stereocenters. The Balaban J connectivity index is 1.82. The molecule has 0 atom stereocenters. The first kappa shape index (κ1) is 16.0. The molecule has 0 aliphatic carbocycles. The lowest BCUT2D eigenvalue weighted by molar-refractivity contribution is 0.0313. The van der Waals surface area contributed by atoms with Crippen molar-refractivity contribution in [1.82, 2.24) is 5.32 Å². The van der Waals surface area contributed by atoms with Crippen LogP contribution in [0.1, 0.15) is 43.0 Å². The second-order valence-corrected chi connectivity index (χ2v) is 5.34. The average Bonchev–Trinajstić information content (AvgIpc) is 2.54. The largest absolute Gasteiger partial charge is 0.493 e. The number of carbonyl (C=O) groups excluding carboxylic acids is 1. The number of ether oxygens (including phenoxy) is 2. The highest BCUT2D eigenvalue weighted by Gasteiger charge is 2.15. The standard InChI is InChI=1S/C17H25NO3/c1-2-12-21-17-6-4-3-5-15(17)16(19)9-13-20-14-7-10-18-11-8-14/h3-6,14,18H,2,7-13H2,1H3. The summed E-state index contributed by atoms with van der Waals surface area (Å²) < 4.78 is 11.4. The first-order chi connectivity index (χ1) is 10.3. The van der Waals surface area contributed by atoms with Crippen molar-refractivity contribution in [2.45, 2.75) is 38.7 Å². The predicted molar refractivity (Wildman–Crippen MR) is 83.0 cm³/mol. The average molecular weight is 291 g/mol. The first-order valence-electron chi connectivity index (χ1n) is 7.88. The van der Waals surface area contributed by atoms with Gasteiger partial charge in [-0.2, -0.15) is 0 Å². The van der Waals surface area contributed by atoms with E-state index in [1.165, 1.54) is 0 Å². The zero-order chi connectivity index (χ0) is 14.9. The molecule has 0 bridgehead atoms. The lowest BCUT2D eigenvalue weighted by Crippen LogP contribution is -2.32. The van der Waals surface area contributed by atoms with E-state index in [0.717, 1.165) is 32.4 Å². The molecule has 21 heavy (non-hydrogen) atoms. The number of rotatable bonds is 8. The Hall–Kier alpha value is -1.39. The van der Waals surface area contributed by atoms with Gasteiger partial charge in [-0.05, 0) is 44.5 Å². The van der Waals surface area contributed by atoms with E-state index < -0.39 is 0 Å². The molecule has 1 aromatic carbocycles. The highest BCUT2D eigenvalue weighted by molar-refractivity contribution is 5.98. The maximum absolute atomic E-state index is 12.3. The van der Waals surface area contributed by atoms with Crippen molar-refractivity contribution in [3.63, 3.8) is 0 Å². The van der Waals surface area contributed by atoms with Crippen molar-refractivity contribution < 1.29 is 14.3 Å². The van der Waals surface area contributed by atoms with Gasteiger partial charge in [0.15, 0.2) is 5.78 Å². The monoisotopic (exact) mass is 291 g/mol. The van der Waals surface area contributed by atoms with E-state index in [1.54, 1.807) is 0 Å². The lowest BCUT2D eigenvalue weighted by atomic mass is 10.1. The number of para-hydroxylation sites is 1. The van der Waals surface area contributed by atoms with Gasteiger partial charge in [0.05, 0.1) is 24.9 Å². The van der Waals surface area contributed by atoms with Crippen LogP contribution < -0.4 is 10.1 Å². The molecule has 0 spiro atoms. The van der Waals surface area contributed by atoms with Gasteiger partial charge in [-0.1, -0.05) is 19.1 Å². The van der Waals surface area contributed by atoms with Gasteiger partial charge >= 0.3 is 0 Å². The fourth-order valence-electron chi connectivity index (χ4n) is 2.45. The molecule has 1 heterocycles. The van der Waals surface area contributed by atoms with Crippen LogP contribution in [-0.4, -0.2) is 38.2 Å². The Morgan fingerprint density at radius 1 is 1.24 bits per heavy atom. The van der Waals surface area contributed by atoms with E-state index in [0.29, 0.717) is 37.1 Å². The van der Waals surface area contributed by atoms with E-state index in [9.17, 15) is 4.79 Å². The van der Waals surface area contributed by atoms with Crippen LogP contribution in [-0.2, 0) is 4.74 Å². The van der Waals surface area contributed by atoms with Crippen LogP contribution >= 0.6 is 0 Å². The third kappa shape index (κ3) is 5.14. The second kappa shape index (κ2) is 8.80. The molecule has 0 amide bonds. The third-order valence-corrected chi connectivity index (χ3v) is 3.62. The Bertz CT molecular complexity index is 441. The van der Waals surface area contributed by atoms with Gasteiger partial charge in [-0.25, -0.2) is 0 Å². The van der Waals surface area contributed by atoms with Crippen molar-refractivity contribution in [1.29, 1.82) is 0 Å². The molecule has 2 rings (SSSR count). The van der Waals surface area contributed by atoms with Crippen LogP contribution in [0.5, 0.6) is 5.75 Å². The molecule has 1 aliphatic rings. The summed E-state index contributed by atoms with van der Waals surface area (Å²) in [6.07, 6.45) is 3.71. The first-order valence-corrected chi connectivity index (χ1v) is 7.88. The molecule has 1 N–H and O–H groups in total. The summed E-state index contributed by atoms with van der Waals surface area (Å²) in [5.74, 6) is 0.779. The smallest absolute Gasteiger partial charge is 0.168 e. The minimum atomic E-state index is 0.0932. The fraction of sp³-hybridized carbons (Fsp3) is 0.588. The zero-order valence-corrected chi connectivity index (χ0v) is 12.8. The molecule has 0 radical (unpaired) electrons. The van der Waals surface area contributed by atoms with Gasteiger partial charge in [0.2, 0.25) is 0 Å². The Morgan fingerprint density at radius 2 is 2.00 bits per heavy atom. The molecule has 0 aromatic heterocycles. The van der Waals surface area contributed by atoms with E-state index >= 15 is 0 Å². The summed E-state index contributed by atoms with van der Waals surface area (Å²) in [5, 5.41) is 3.30. The minimum absolute atomic E-state index is 0.0932. The van der Waals surface area contributed by atoms with Crippen molar-refractivity contribution >= 4 is 5.78 Å². The van der Waals surface area contributed by atoms with Crippen molar-refractivity contribution in [3.05, 3.63) is 29.8 Å². The quantitative estimate of drug-likeness (QED) is 0.748. The molecule has 1 aliphatic heterocycles. The summed E-state index contributed by atoms with van der Waals surface area (Å²) in [6.45, 7) is 5.19. The maximum Gasteiger partial charge on any atom is 0.168 e. The van der Waals surface area contributed by atoms with Crippen LogP contribution in [0.2, 0.25) is 0 Å². The number of hydrogen-bond acceptors (Lipinski definition) is 4. The second-order valence-electron chi connectivity index (χ2n) is 5.34.